The largest absolute Gasteiger partial charge is 0.466 e. The van der Waals surface area contributed by atoms with Gasteiger partial charge in [-0.2, -0.15) is 9.78 Å². The Balaban J connectivity index is 1.79. The number of halogens is 2. The molecule has 11 heteroatoms. The Hall–Kier alpha value is -3.79. The molecular formula is C25H24ClFN4O5. The summed E-state index contributed by atoms with van der Waals surface area (Å²) in [7, 11) is 0. The van der Waals surface area contributed by atoms with E-state index in [-0.39, 0.29) is 24.4 Å². The number of piperidine rings is 1. The second kappa shape index (κ2) is 10.9. The van der Waals surface area contributed by atoms with Crippen LogP contribution in [0.2, 0.25) is 5.02 Å². The number of benzene rings is 2. The number of hydrogen-bond acceptors (Lipinski definition) is 6. The fourth-order valence-electron chi connectivity index (χ4n) is 4.10. The molecule has 1 saturated heterocycles. The molecule has 0 aliphatic carbocycles. The summed E-state index contributed by atoms with van der Waals surface area (Å²) in [6, 6.07) is 11.8. The van der Waals surface area contributed by atoms with Gasteiger partial charge in [-0.25, -0.2) is 9.18 Å². The number of hydrogen-bond donors (Lipinski definition) is 0. The minimum Gasteiger partial charge on any atom is -0.466 e. The molecule has 0 spiro atoms. The molecule has 1 fully saturated rings. The minimum atomic E-state index is -0.947. The van der Waals surface area contributed by atoms with Gasteiger partial charge in [-0.05, 0) is 50.1 Å². The molecule has 0 radical (unpaired) electrons. The van der Waals surface area contributed by atoms with Crippen LogP contribution in [0, 0.1) is 11.7 Å². The first-order valence-corrected chi connectivity index (χ1v) is 11.9. The van der Waals surface area contributed by atoms with E-state index in [4.69, 9.17) is 16.3 Å². The molecule has 0 bridgehead atoms. The molecule has 3 aromatic rings. The van der Waals surface area contributed by atoms with E-state index in [1.165, 1.54) is 47.4 Å². The molecule has 0 N–H and O–H groups in total. The van der Waals surface area contributed by atoms with Gasteiger partial charge in [-0.1, -0.05) is 29.8 Å². The lowest BCUT2D eigenvalue weighted by molar-refractivity contribution is -0.149. The van der Waals surface area contributed by atoms with Gasteiger partial charge in [0.1, 0.15) is 5.82 Å². The lowest BCUT2D eigenvalue weighted by Gasteiger charge is -2.31. The van der Waals surface area contributed by atoms with Gasteiger partial charge in [0.15, 0.2) is 0 Å². The van der Waals surface area contributed by atoms with E-state index in [1.54, 1.807) is 13.0 Å². The van der Waals surface area contributed by atoms with Crippen LogP contribution in [0.15, 0.2) is 58.1 Å². The number of carbonyl (C=O) groups excluding carboxylic acids is 2. The summed E-state index contributed by atoms with van der Waals surface area (Å²) in [5.74, 6) is -2.25. The van der Waals surface area contributed by atoms with Crippen molar-refractivity contribution in [3.8, 4) is 5.69 Å². The Labute approximate surface area is 210 Å². The zero-order chi connectivity index (χ0) is 25.8. The van der Waals surface area contributed by atoms with Crippen LogP contribution in [0.3, 0.4) is 0 Å². The predicted octanol–water partition coefficient (Wildman–Crippen LogP) is 2.65. The summed E-state index contributed by atoms with van der Waals surface area (Å²) in [6.07, 6.45) is 1.09. The lowest BCUT2D eigenvalue weighted by atomic mass is 9.98. The van der Waals surface area contributed by atoms with Crippen LogP contribution in [0.5, 0.6) is 0 Å². The van der Waals surface area contributed by atoms with Gasteiger partial charge >= 0.3 is 11.7 Å². The Morgan fingerprint density at radius 3 is 2.56 bits per heavy atom. The van der Waals surface area contributed by atoms with Crippen LogP contribution in [0.4, 0.5) is 4.39 Å². The number of carbonyl (C=O) groups is 2. The molecule has 1 aliphatic rings. The van der Waals surface area contributed by atoms with Crippen LogP contribution in [0.1, 0.15) is 35.8 Å². The van der Waals surface area contributed by atoms with Gasteiger partial charge in [0.05, 0.1) is 24.8 Å². The van der Waals surface area contributed by atoms with Crippen LogP contribution in [-0.4, -0.2) is 50.8 Å². The van der Waals surface area contributed by atoms with E-state index in [0.717, 1.165) is 9.25 Å². The Morgan fingerprint density at radius 2 is 1.86 bits per heavy atom. The van der Waals surface area contributed by atoms with Crippen LogP contribution >= 0.6 is 11.6 Å². The molecule has 0 unspecified atom stereocenters. The van der Waals surface area contributed by atoms with E-state index >= 15 is 0 Å². The Kier molecular flexibility index (Phi) is 7.64. The maximum atomic E-state index is 14.4. The van der Waals surface area contributed by atoms with E-state index in [1.807, 2.05) is 0 Å². The second-order valence-electron chi connectivity index (χ2n) is 8.34. The molecule has 9 nitrogen and oxygen atoms in total. The summed E-state index contributed by atoms with van der Waals surface area (Å²) < 4.78 is 21.1. The van der Waals surface area contributed by atoms with Crippen molar-refractivity contribution in [3.05, 3.63) is 91.5 Å². The maximum absolute atomic E-state index is 14.4. The van der Waals surface area contributed by atoms with Crippen molar-refractivity contribution < 1.29 is 18.7 Å². The Bertz CT molecular complexity index is 1400. The molecule has 188 valence electrons. The number of nitrogens with zero attached hydrogens (tertiary/aromatic N) is 4. The molecule has 1 amide bonds. The summed E-state index contributed by atoms with van der Waals surface area (Å²) >= 11 is 5.96. The second-order valence-corrected chi connectivity index (χ2v) is 8.78. The molecule has 1 aliphatic heterocycles. The molecule has 2 heterocycles. The van der Waals surface area contributed by atoms with E-state index in [0.29, 0.717) is 24.4 Å². The number of likely N-dealkylation sites (tertiary alicyclic amines) is 1. The van der Waals surface area contributed by atoms with Crippen molar-refractivity contribution in [2.45, 2.75) is 26.3 Å². The molecule has 4 rings (SSSR count). The van der Waals surface area contributed by atoms with Crippen molar-refractivity contribution in [2.75, 3.05) is 19.7 Å². The normalized spacial score (nSPS) is 15.5. The number of rotatable bonds is 6. The number of ether oxygens (including phenoxy) is 1. The van der Waals surface area contributed by atoms with Crippen molar-refractivity contribution >= 4 is 23.5 Å². The quantitative estimate of drug-likeness (QED) is 0.468. The average molecular weight is 515 g/mol. The number of amides is 1. The highest BCUT2D eigenvalue weighted by Gasteiger charge is 2.32. The summed E-state index contributed by atoms with van der Waals surface area (Å²) in [5, 5.41) is 4.52. The van der Waals surface area contributed by atoms with Gasteiger partial charge in [0.25, 0.3) is 11.5 Å². The van der Waals surface area contributed by atoms with Crippen molar-refractivity contribution in [3.63, 3.8) is 0 Å². The first kappa shape index (κ1) is 25.3. The van der Waals surface area contributed by atoms with Crippen molar-refractivity contribution in [2.24, 2.45) is 5.92 Å². The molecule has 36 heavy (non-hydrogen) atoms. The summed E-state index contributed by atoms with van der Waals surface area (Å²) in [5.41, 5.74) is -1.93. The Morgan fingerprint density at radius 1 is 1.14 bits per heavy atom. The first-order valence-electron chi connectivity index (χ1n) is 11.5. The minimum absolute atomic E-state index is 0.0617. The van der Waals surface area contributed by atoms with Gasteiger partial charge in [0.2, 0.25) is 5.69 Å². The zero-order valence-corrected chi connectivity index (χ0v) is 20.3. The standard InChI is InChI=1S/C25H24ClFN4O5/c1-2-36-24(34)17-7-5-13-29(14-17)22(32)21-23(33)30(15-16-6-3-4-8-20(16)27)25(35)31(28-21)19-11-9-18(26)10-12-19/h3-4,6,8-12,17H,2,5,7,13-15H2,1H3/t17-/m1/s1. The molecule has 2 aromatic carbocycles. The summed E-state index contributed by atoms with van der Waals surface area (Å²) in [4.78, 5) is 53.7. The fourth-order valence-corrected chi connectivity index (χ4v) is 4.23. The van der Waals surface area contributed by atoms with Gasteiger partial charge < -0.3 is 9.64 Å². The highest BCUT2D eigenvalue weighted by Crippen LogP contribution is 2.19. The topological polar surface area (TPSA) is 104 Å². The average Bonchev–Trinajstić information content (AvgIpc) is 2.88. The van der Waals surface area contributed by atoms with Crippen LogP contribution in [0.25, 0.3) is 5.69 Å². The number of esters is 1. The smallest absolute Gasteiger partial charge is 0.352 e. The molecule has 0 saturated carbocycles. The van der Waals surface area contributed by atoms with Crippen LogP contribution in [-0.2, 0) is 16.1 Å². The van der Waals surface area contributed by atoms with E-state index < -0.39 is 47.1 Å². The maximum Gasteiger partial charge on any atom is 0.352 e. The van der Waals surface area contributed by atoms with Gasteiger partial charge in [-0.15, -0.1) is 0 Å². The van der Waals surface area contributed by atoms with Gasteiger partial charge in [0, 0.05) is 23.7 Å². The van der Waals surface area contributed by atoms with Crippen molar-refractivity contribution in [1.29, 1.82) is 0 Å². The molecule has 1 atom stereocenters. The van der Waals surface area contributed by atoms with Crippen LogP contribution < -0.4 is 11.2 Å². The highest BCUT2D eigenvalue weighted by atomic mass is 35.5. The van der Waals surface area contributed by atoms with E-state index in [2.05, 4.69) is 5.10 Å². The third kappa shape index (κ3) is 5.23. The SMILES string of the molecule is CCOC(=O)[C@@H]1CCCN(C(=O)c2nn(-c3ccc(Cl)cc3)c(=O)n(Cc3ccccc3F)c2=O)C1. The zero-order valence-electron chi connectivity index (χ0n) is 19.5. The summed E-state index contributed by atoms with van der Waals surface area (Å²) in [6.45, 7) is 1.89. The van der Waals surface area contributed by atoms with Gasteiger partial charge in [-0.3, -0.25) is 19.0 Å². The number of aromatic nitrogens is 3. The molecule has 1 aromatic heterocycles. The van der Waals surface area contributed by atoms with E-state index in [9.17, 15) is 23.6 Å². The first-order chi connectivity index (χ1) is 17.3. The predicted molar refractivity (Wildman–Crippen MR) is 130 cm³/mol. The highest BCUT2D eigenvalue weighted by molar-refractivity contribution is 6.30. The third-order valence-electron chi connectivity index (χ3n) is 5.95. The molecular weight excluding hydrogens is 491 g/mol. The fraction of sp³-hybridized carbons (Fsp3) is 0.320. The monoisotopic (exact) mass is 514 g/mol. The van der Waals surface area contributed by atoms with Crippen molar-refractivity contribution in [1.82, 2.24) is 19.2 Å². The third-order valence-corrected chi connectivity index (χ3v) is 6.20. The lowest BCUT2D eigenvalue weighted by Crippen LogP contribution is -2.49.